The summed E-state index contributed by atoms with van der Waals surface area (Å²) in [6.45, 7) is 7.08. The van der Waals surface area contributed by atoms with Gasteiger partial charge in [0, 0.05) is 33.5 Å². The molecule has 0 bridgehead atoms. The average molecular weight is 701 g/mol. The fourth-order valence-electron chi connectivity index (χ4n) is 10.0. The van der Waals surface area contributed by atoms with Gasteiger partial charge in [0.2, 0.25) is 6.71 Å². The van der Waals surface area contributed by atoms with Crippen LogP contribution >= 0.6 is 0 Å². The van der Waals surface area contributed by atoms with Crippen molar-refractivity contribution in [2.24, 2.45) is 0 Å². The molecule has 2 aliphatic rings. The maximum atomic E-state index is 2.57. The maximum absolute atomic E-state index is 2.57. The Morgan fingerprint density at radius 2 is 1.15 bits per heavy atom. The molecule has 12 rings (SSSR count). The Balaban J connectivity index is 1.28. The number of hydrogen-bond acceptors (Lipinski definition) is 1. The summed E-state index contributed by atoms with van der Waals surface area (Å²) in [5, 5.41) is 10.4. The predicted octanol–water partition coefficient (Wildman–Crippen LogP) is 11.8. The first kappa shape index (κ1) is 30.8. The van der Waals surface area contributed by atoms with Gasteiger partial charge < -0.3 is 9.47 Å². The smallest absolute Gasteiger partial charge is 0.249 e. The molecule has 3 heterocycles. The first-order valence-electron chi connectivity index (χ1n) is 19.5. The van der Waals surface area contributed by atoms with Crippen LogP contribution in [0.4, 0.5) is 17.1 Å². The van der Waals surface area contributed by atoms with Crippen LogP contribution in [0.15, 0.2) is 170 Å². The van der Waals surface area contributed by atoms with Crippen LogP contribution in [0.5, 0.6) is 0 Å². The molecule has 0 radical (unpaired) electrons. The molecule has 1 aromatic heterocycles. The monoisotopic (exact) mass is 700 g/mol. The van der Waals surface area contributed by atoms with Crippen LogP contribution in [-0.4, -0.2) is 11.3 Å². The second kappa shape index (κ2) is 11.0. The van der Waals surface area contributed by atoms with E-state index >= 15 is 0 Å². The fourth-order valence-corrected chi connectivity index (χ4v) is 10.0. The lowest BCUT2D eigenvalue weighted by Crippen LogP contribution is -2.59. The van der Waals surface area contributed by atoms with E-state index in [-0.39, 0.29) is 12.1 Å². The lowest BCUT2D eigenvalue weighted by atomic mass is 9.31. The normalized spacial score (nSPS) is 13.3. The Morgan fingerprint density at radius 3 is 1.98 bits per heavy atom. The van der Waals surface area contributed by atoms with Gasteiger partial charge in [-0.3, -0.25) is 0 Å². The minimum absolute atomic E-state index is 0.0286. The van der Waals surface area contributed by atoms with E-state index in [1.165, 1.54) is 110 Å². The lowest BCUT2D eigenvalue weighted by molar-refractivity contribution is 0.591. The van der Waals surface area contributed by atoms with E-state index in [9.17, 15) is 0 Å². The van der Waals surface area contributed by atoms with Gasteiger partial charge in [0.15, 0.2) is 0 Å². The summed E-state index contributed by atoms with van der Waals surface area (Å²) < 4.78 is 2.49. The first-order chi connectivity index (χ1) is 26.9. The number of hydrogen-bond donors (Lipinski definition) is 0. The van der Waals surface area contributed by atoms with Crippen molar-refractivity contribution in [3.63, 3.8) is 0 Å². The molecule has 258 valence electrons. The Kier molecular flexibility index (Phi) is 6.16. The van der Waals surface area contributed by atoms with Gasteiger partial charge in [-0.25, -0.2) is 0 Å². The van der Waals surface area contributed by atoms with Crippen molar-refractivity contribution in [1.29, 1.82) is 0 Å². The summed E-state index contributed by atoms with van der Waals surface area (Å²) in [5.74, 6) is 0. The van der Waals surface area contributed by atoms with E-state index in [0.29, 0.717) is 0 Å². The van der Waals surface area contributed by atoms with Crippen molar-refractivity contribution in [2.45, 2.75) is 26.2 Å². The molecule has 2 nitrogen and oxygen atoms in total. The standard InChI is InChI=1S/C52H37BN2/c1-52(2,3)35-29-42-39-21-13-22-41-48(39)43(31-46-49(41)40-20-11-12-23-44(40)54(46)36-17-5-4-6-18-36)53-50-38-19-10-9-15-33(38)25-27-45(50)55(47(30-35)51(42)53)37-26-24-32-14-7-8-16-34(32)28-37/h4-31H,1-3H3. The SMILES string of the molecule is CC(C)(C)c1cc2c3c(c1)N(c1ccc4ccccc4c1)c1ccc4ccccc4c1B3c1cc3c(c4cccc-2c14)c1ccccc1n3-c1ccccc1. The van der Waals surface area contributed by atoms with Crippen LogP contribution in [0, 0.1) is 0 Å². The zero-order chi connectivity index (χ0) is 36.6. The van der Waals surface area contributed by atoms with E-state index in [4.69, 9.17) is 0 Å². The topological polar surface area (TPSA) is 8.17 Å². The zero-order valence-corrected chi connectivity index (χ0v) is 31.1. The summed E-state index contributed by atoms with van der Waals surface area (Å²) >= 11 is 0. The second-order valence-corrected chi connectivity index (χ2v) is 16.5. The summed E-state index contributed by atoms with van der Waals surface area (Å²) in [4.78, 5) is 2.57. The number of rotatable bonds is 2. The molecule has 10 aromatic rings. The molecule has 0 N–H and O–H groups in total. The van der Waals surface area contributed by atoms with Gasteiger partial charge in [0.25, 0.3) is 0 Å². The van der Waals surface area contributed by atoms with E-state index in [1.54, 1.807) is 0 Å². The second-order valence-electron chi connectivity index (χ2n) is 16.5. The molecule has 0 saturated heterocycles. The molecule has 0 saturated carbocycles. The van der Waals surface area contributed by atoms with Crippen LogP contribution in [0.1, 0.15) is 26.3 Å². The minimum atomic E-state index is -0.0546. The Hall–Kier alpha value is -6.58. The van der Waals surface area contributed by atoms with Crippen LogP contribution in [0.3, 0.4) is 0 Å². The summed E-state index contributed by atoms with van der Waals surface area (Å²) in [7, 11) is 0. The molecule has 55 heavy (non-hydrogen) atoms. The third kappa shape index (κ3) is 4.21. The lowest BCUT2D eigenvalue weighted by Gasteiger charge is -2.42. The van der Waals surface area contributed by atoms with Crippen LogP contribution in [-0.2, 0) is 5.41 Å². The highest BCUT2D eigenvalue weighted by Crippen LogP contribution is 2.47. The van der Waals surface area contributed by atoms with Gasteiger partial charge in [0.1, 0.15) is 0 Å². The molecule has 0 aliphatic carbocycles. The van der Waals surface area contributed by atoms with E-state index in [0.717, 1.165) is 0 Å². The van der Waals surface area contributed by atoms with Crippen LogP contribution in [0.2, 0.25) is 0 Å². The third-order valence-electron chi connectivity index (χ3n) is 12.5. The molecule has 0 spiro atoms. The van der Waals surface area contributed by atoms with Crippen LogP contribution < -0.4 is 21.3 Å². The van der Waals surface area contributed by atoms with Crippen molar-refractivity contribution in [1.82, 2.24) is 4.57 Å². The van der Waals surface area contributed by atoms with Gasteiger partial charge in [-0.05, 0) is 114 Å². The number of aromatic nitrogens is 1. The quantitative estimate of drug-likeness (QED) is 0.163. The molecular weight excluding hydrogens is 663 g/mol. The van der Waals surface area contributed by atoms with Gasteiger partial charge >= 0.3 is 0 Å². The number of nitrogens with zero attached hydrogens (tertiary/aromatic N) is 2. The van der Waals surface area contributed by atoms with Crippen molar-refractivity contribution >= 4 is 94.3 Å². The van der Waals surface area contributed by atoms with Gasteiger partial charge in [-0.1, -0.05) is 148 Å². The van der Waals surface area contributed by atoms with E-state index in [1.807, 2.05) is 0 Å². The molecule has 0 unspecified atom stereocenters. The third-order valence-corrected chi connectivity index (χ3v) is 12.5. The molecule has 2 aliphatic heterocycles. The van der Waals surface area contributed by atoms with Gasteiger partial charge in [0.05, 0.1) is 11.0 Å². The van der Waals surface area contributed by atoms with Crippen molar-refractivity contribution in [3.8, 4) is 16.8 Å². The number of anilines is 3. The fraction of sp³-hybridized carbons (Fsp3) is 0.0769. The van der Waals surface area contributed by atoms with E-state index < -0.39 is 0 Å². The number of fused-ring (bicyclic) bond motifs is 11. The molecule has 0 atom stereocenters. The minimum Gasteiger partial charge on any atom is -0.311 e. The van der Waals surface area contributed by atoms with E-state index in [2.05, 4.69) is 200 Å². The van der Waals surface area contributed by atoms with Crippen LogP contribution in [0.25, 0.3) is 70.9 Å². The van der Waals surface area contributed by atoms with Gasteiger partial charge in [-0.2, -0.15) is 0 Å². The predicted molar refractivity (Wildman–Crippen MR) is 237 cm³/mol. The highest BCUT2D eigenvalue weighted by Gasteiger charge is 2.43. The van der Waals surface area contributed by atoms with Crippen molar-refractivity contribution < 1.29 is 0 Å². The maximum Gasteiger partial charge on any atom is 0.249 e. The average Bonchev–Trinajstić information content (AvgIpc) is 3.56. The summed E-state index contributed by atoms with van der Waals surface area (Å²) in [6.07, 6.45) is 0. The molecule has 3 heteroatoms. The molecule has 0 amide bonds. The first-order valence-corrected chi connectivity index (χ1v) is 19.5. The number of benzene rings is 9. The Bertz CT molecular complexity index is 3260. The summed E-state index contributed by atoms with van der Waals surface area (Å²) in [5.41, 5.74) is 15.5. The Morgan fingerprint density at radius 1 is 0.436 bits per heavy atom. The van der Waals surface area contributed by atoms with Gasteiger partial charge in [-0.15, -0.1) is 0 Å². The zero-order valence-electron chi connectivity index (χ0n) is 31.1. The molecule has 9 aromatic carbocycles. The largest absolute Gasteiger partial charge is 0.311 e. The van der Waals surface area contributed by atoms with Crippen molar-refractivity contribution in [3.05, 3.63) is 175 Å². The highest BCUT2D eigenvalue weighted by atomic mass is 15.2. The van der Waals surface area contributed by atoms with Crippen molar-refractivity contribution in [2.75, 3.05) is 4.90 Å². The highest BCUT2D eigenvalue weighted by molar-refractivity contribution is 7.02. The summed E-state index contributed by atoms with van der Waals surface area (Å²) in [6, 6.07) is 63.9. The Labute approximate surface area is 321 Å². The molecule has 0 fully saturated rings. The number of para-hydroxylation sites is 2. The molecular formula is C52H37BN2.